The largest absolute Gasteiger partial charge is 0.381 e. The minimum atomic E-state index is -0.473. The highest BCUT2D eigenvalue weighted by atomic mass is 16.5. The van der Waals surface area contributed by atoms with Gasteiger partial charge in [-0.1, -0.05) is 5.16 Å². The standard InChI is InChI=1S/C15H22N2O4/c1-2-20-15(7-9-19-10-8-15)14-16-13(21-17-14)11-3-5-12(18)6-4-11/h11H,2-10H2,1H3. The number of aromatic nitrogens is 2. The number of hydrogen-bond acceptors (Lipinski definition) is 6. The van der Waals surface area contributed by atoms with E-state index in [4.69, 9.17) is 14.0 Å². The van der Waals surface area contributed by atoms with Gasteiger partial charge < -0.3 is 14.0 Å². The van der Waals surface area contributed by atoms with Crippen LogP contribution in [0, 0.1) is 0 Å². The second kappa shape index (κ2) is 6.23. The van der Waals surface area contributed by atoms with Gasteiger partial charge in [-0.05, 0) is 19.8 Å². The summed E-state index contributed by atoms with van der Waals surface area (Å²) in [6.45, 7) is 3.90. The molecule has 0 atom stereocenters. The van der Waals surface area contributed by atoms with Crippen LogP contribution in [0.3, 0.4) is 0 Å². The van der Waals surface area contributed by atoms with Crippen molar-refractivity contribution in [1.82, 2.24) is 10.1 Å². The molecule has 1 aromatic rings. The van der Waals surface area contributed by atoms with Gasteiger partial charge in [-0.3, -0.25) is 4.79 Å². The number of ether oxygens (including phenoxy) is 2. The first kappa shape index (κ1) is 14.7. The SMILES string of the molecule is CCOC1(c2noc(C3CCC(=O)CC3)n2)CCOCC1. The van der Waals surface area contributed by atoms with Crippen molar-refractivity contribution in [3.05, 3.63) is 11.7 Å². The van der Waals surface area contributed by atoms with E-state index in [0.29, 0.717) is 50.2 Å². The van der Waals surface area contributed by atoms with Crippen LogP contribution in [0.1, 0.15) is 63.1 Å². The van der Waals surface area contributed by atoms with E-state index in [2.05, 4.69) is 10.1 Å². The summed E-state index contributed by atoms with van der Waals surface area (Å²) in [4.78, 5) is 15.9. The zero-order valence-corrected chi connectivity index (χ0v) is 12.5. The predicted octanol–water partition coefficient (Wildman–Crippen LogP) is 2.34. The van der Waals surface area contributed by atoms with E-state index in [1.807, 2.05) is 6.92 Å². The minimum absolute atomic E-state index is 0.211. The van der Waals surface area contributed by atoms with Crippen molar-refractivity contribution in [2.24, 2.45) is 0 Å². The monoisotopic (exact) mass is 294 g/mol. The molecular weight excluding hydrogens is 272 g/mol. The number of hydrogen-bond donors (Lipinski definition) is 0. The summed E-state index contributed by atoms with van der Waals surface area (Å²) >= 11 is 0. The number of Topliss-reactive ketones (excluding diaryl/α,β-unsaturated/α-hetero) is 1. The summed E-state index contributed by atoms with van der Waals surface area (Å²) in [5.74, 6) is 1.84. The Morgan fingerprint density at radius 3 is 2.67 bits per heavy atom. The first-order chi connectivity index (χ1) is 10.2. The van der Waals surface area contributed by atoms with Crippen LogP contribution in [-0.2, 0) is 19.9 Å². The molecule has 6 nitrogen and oxygen atoms in total. The number of nitrogens with zero attached hydrogens (tertiary/aromatic N) is 2. The third-order valence-electron chi connectivity index (χ3n) is 4.46. The smallest absolute Gasteiger partial charge is 0.229 e. The molecule has 2 fully saturated rings. The van der Waals surface area contributed by atoms with E-state index in [-0.39, 0.29) is 5.92 Å². The fourth-order valence-corrected chi connectivity index (χ4v) is 3.18. The molecule has 0 N–H and O–H groups in total. The molecule has 0 radical (unpaired) electrons. The van der Waals surface area contributed by atoms with Gasteiger partial charge in [0.05, 0.1) is 0 Å². The van der Waals surface area contributed by atoms with Crippen molar-refractivity contribution in [1.29, 1.82) is 0 Å². The first-order valence-corrected chi connectivity index (χ1v) is 7.81. The number of carbonyl (C=O) groups is 1. The lowest BCUT2D eigenvalue weighted by molar-refractivity contribution is -0.120. The van der Waals surface area contributed by atoms with Gasteiger partial charge in [-0.2, -0.15) is 4.98 Å². The van der Waals surface area contributed by atoms with Crippen molar-refractivity contribution >= 4 is 5.78 Å². The highest BCUT2D eigenvalue weighted by Crippen LogP contribution is 2.36. The third kappa shape index (κ3) is 3.01. The summed E-state index contributed by atoms with van der Waals surface area (Å²) in [5.41, 5.74) is -0.473. The lowest BCUT2D eigenvalue weighted by Crippen LogP contribution is -2.37. The van der Waals surface area contributed by atoms with Crippen molar-refractivity contribution in [3.8, 4) is 0 Å². The van der Waals surface area contributed by atoms with Crippen LogP contribution < -0.4 is 0 Å². The molecule has 0 spiro atoms. The molecule has 3 rings (SSSR count). The normalized spacial score (nSPS) is 23.4. The van der Waals surface area contributed by atoms with Gasteiger partial charge in [-0.25, -0.2) is 0 Å². The lowest BCUT2D eigenvalue weighted by atomic mass is 9.88. The van der Waals surface area contributed by atoms with Crippen LogP contribution in [0.5, 0.6) is 0 Å². The summed E-state index contributed by atoms with van der Waals surface area (Å²) in [5, 5.41) is 4.17. The highest BCUT2D eigenvalue weighted by Gasteiger charge is 2.40. The number of rotatable bonds is 4. The zero-order valence-electron chi connectivity index (χ0n) is 12.5. The quantitative estimate of drug-likeness (QED) is 0.848. The molecule has 1 aliphatic carbocycles. The summed E-state index contributed by atoms with van der Waals surface area (Å²) in [6, 6.07) is 0. The van der Waals surface area contributed by atoms with Gasteiger partial charge in [0.2, 0.25) is 11.7 Å². The maximum absolute atomic E-state index is 11.3. The van der Waals surface area contributed by atoms with Crippen LogP contribution in [0.25, 0.3) is 0 Å². The first-order valence-electron chi connectivity index (χ1n) is 7.81. The maximum Gasteiger partial charge on any atom is 0.229 e. The van der Waals surface area contributed by atoms with E-state index in [9.17, 15) is 4.79 Å². The van der Waals surface area contributed by atoms with E-state index in [1.54, 1.807) is 0 Å². The van der Waals surface area contributed by atoms with E-state index < -0.39 is 5.60 Å². The minimum Gasteiger partial charge on any atom is -0.381 e. The fourth-order valence-electron chi connectivity index (χ4n) is 3.18. The molecule has 6 heteroatoms. The Kier molecular flexibility index (Phi) is 4.35. The molecule has 0 unspecified atom stereocenters. The molecule has 0 aromatic carbocycles. The summed E-state index contributed by atoms with van der Waals surface area (Å²) in [6.07, 6.45) is 4.36. The van der Waals surface area contributed by atoms with Gasteiger partial charge in [0, 0.05) is 51.4 Å². The molecule has 2 heterocycles. The average Bonchev–Trinajstić information content (AvgIpc) is 3.00. The van der Waals surface area contributed by atoms with Crippen LogP contribution in [0.4, 0.5) is 0 Å². The van der Waals surface area contributed by atoms with Gasteiger partial charge in [0.1, 0.15) is 11.4 Å². The Labute approximate surface area is 124 Å². The highest BCUT2D eigenvalue weighted by molar-refractivity contribution is 5.79. The van der Waals surface area contributed by atoms with Crippen molar-refractivity contribution in [2.75, 3.05) is 19.8 Å². The van der Waals surface area contributed by atoms with Gasteiger partial charge in [0.25, 0.3) is 0 Å². The fraction of sp³-hybridized carbons (Fsp3) is 0.800. The van der Waals surface area contributed by atoms with Crippen LogP contribution in [0.2, 0.25) is 0 Å². The average molecular weight is 294 g/mol. The predicted molar refractivity (Wildman–Crippen MR) is 73.9 cm³/mol. The molecule has 21 heavy (non-hydrogen) atoms. The Hall–Kier alpha value is -1.27. The summed E-state index contributed by atoms with van der Waals surface area (Å²) in [7, 11) is 0. The van der Waals surface area contributed by atoms with E-state index in [0.717, 1.165) is 25.7 Å². The topological polar surface area (TPSA) is 74.5 Å². The van der Waals surface area contributed by atoms with Gasteiger partial charge in [-0.15, -0.1) is 0 Å². The third-order valence-corrected chi connectivity index (χ3v) is 4.46. The van der Waals surface area contributed by atoms with E-state index >= 15 is 0 Å². The van der Waals surface area contributed by atoms with Gasteiger partial charge in [0.15, 0.2) is 0 Å². The zero-order chi connectivity index (χ0) is 14.7. The number of carbonyl (C=O) groups excluding carboxylic acids is 1. The lowest BCUT2D eigenvalue weighted by Gasteiger charge is -2.33. The molecular formula is C15H22N2O4. The molecule has 1 saturated heterocycles. The van der Waals surface area contributed by atoms with E-state index in [1.165, 1.54) is 0 Å². The Morgan fingerprint density at radius 1 is 1.29 bits per heavy atom. The van der Waals surface area contributed by atoms with Crippen LogP contribution >= 0.6 is 0 Å². The Bertz CT molecular complexity index is 478. The molecule has 1 aliphatic heterocycles. The second-order valence-corrected chi connectivity index (χ2v) is 5.81. The van der Waals surface area contributed by atoms with Crippen LogP contribution in [-0.4, -0.2) is 35.7 Å². The molecule has 1 saturated carbocycles. The Morgan fingerprint density at radius 2 is 2.00 bits per heavy atom. The molecule has 0 bridgehead atoms. The van der Waals surface area contributed by atoms with Gasteiger partial charge >= 0.3 is 0 Å². The Balaban J connectivity index is 1.77. The molecule has 116 valence electrons. The van der Waals surface area contributed by atoms with Crippen LogP contribution in [0.15, 0.2) is 4.52 Å². The van der Waals surface area contributed by atoms with Crippen molar-refractivity contribution in [3.63, 3.8) is 0 Å². The second-order valence-electron chi connectivity index (χ2n) is 5.81. The molecule has 1 aromatic heterocycles. The van der Waals surface area contributed by atoms with Crippen molar-refractivity contribution < 1.29 is 18.8 Å². The maximum atomic E-state index is 11.3. The number of ketones is 1. The van der Waals surface area contributed by atoms with Crippen molar-refractivity contribution in [2.45, 2.75) is 57.0 Å². The molecule has 0 amide bonds. The molecule has 2 aliphatic rings. The summed E-state index contributed by atoms with van der Waals surface area (Å²) < 4.78 is 16.8.